The zero-order chi connectivity index (χ0) is 25.6. The average Bonchev–Trinajstić information content (AvgIpc) is 2.89. The zero-order valence-corrected chi connectivity index (χ0v) is 19.8. The van der Waals surface area contributed by atoms with Crippen molar-refractivity contribution in [2.45, 2.75) is 19.4 Å². The molecule has 0 aromatic heterocycles. The minimum absolute atomic E-state index is 0.0159. The van der Waals surface area contributed by atoms with Gasteiger partial charge in [0.1, 0.15) is 5.75 Å². The summed E-state index contributed by atoms with van der Waals surface area (Å²) in [4.78, 5) is 36.3. The molecule has 0 heterocycles. The Morgan fingerprint density at radius 3 is 2.22 bits per heavy atom. The van der Waals surface area contributed by atoms with E-state index in [1.54, 1.807) is 43.3 Å². The number of nitrogens with one attached hydrogen (secondary N) is 3. The van der Waals surface area contributed by atoms with Crippen molar-refractivity contribution >= 4 is 29.8 Å². The topological polar surface area (TPSA) is 118 Å². The molecule has 9 nitrogen and oxygen atoms in total. The molecule has 0 bridgehead atoms. The van der Waals surface area contributed by atoms with E-state index in [0.717, 1.165) is 11.1 Å². The summed E-state index contributed by atoms with van der Waals surface area (Å²) in [7, 11) is 0. The van der Waals surface area contributed by atoms with Gasteiger partial charge in [-0.2, -0.15) is 5.10 Å². The van der Waals surface area contributed by atoms with Crippen molar-refractivity contribution in [1.29, 1.82) is 0 Å². The molecule has 0 spiro atoms. The number of anilines is 1. The number of rotatable bonds is 11. The van der Waals surface area contributed by atoms with Crippen LogP contribution in [0, 0.1) is 0 Å². The van der Waals surface area contributed by atoms with E-state index >= 15 is 0 Å². The van der Waals surface area contributed by atoms with Crippen molar-refractivity contribution in [1.82, 2.24) is 10.7 Å². The maximum Gasteiger partial charge on any atom is 0.407 e. The molecule has 3 aromatic rings. The van der Waals surface area contributed by atoms with Gasteiger partial charge in [0.2, 0.25) is 5.91 Å². The summed E-state index contributed by atoms with van der Waals surface area (Å²) < 4.78 is 10.4. The summed E-state index contributed by atoms with van der Waals surface area (Å²) in [5.74, 6) is -0.114. The molecule has 1 atom stereocenters. The highest BCUT2D eigenvalue weighted by atomic mass is 16.5. The van der Waals surface area contributed by atoms with Crippen molar-refractivity contribution in [3.8, 4) is 5.75 Å². The van der Waals surface area contributed by atoms with Gasteiger partial charge in [0, 0.05) is 5.69 Å². The average molecular weight is 489 g/mol. The number of benzene rings is 3. The van der Waals surface area contributed by atoms with Crippen LogP contribution < -0.4 is 20.8 Å². The molecule has 0 fully saturated rings. The lowest BCUT2D eigenvalue weighted by Crippen LogP contribution is -2.33. The Kier molecular flexibility index (Phi) is 10.0. The molecule has 0 aliphatic rings. The fourth-order valence-electron chi connectivity index (χ4n) is 3.18. The normalized spacial score (nSPS) is 11.4. The molecule has 36 heavy (non-hydrogen) atoms. The lowest BCUT2D eigenvalue weighted by Gasteiger charge is -2.18. The summed E-state index contributed by atoms with van der Waals surface area (Å²) in [6, 6.07) is 24.6. The molecule has 0 unspecified atom stereocenters. The molecule has 9 heteroatoms. The van der Waals surface area contributed by atoms with E-state index in [1.165, 1.54) is 6.21 Å². The van der Waals surface area contributed by atoms with Crippen LogP contribution in [0.15, 0.2) is 90.0 Å². The first-order valence-electron chi connectivity index (χ1n) is 11.4. The van der Waals surface area contributed by atoms with Crippen molar-refractivity contribution in [3.63, 3.8) is 0 Å². The maximum atomic E-state index is 12.4. The van der Waals surface area contributed by atoms with Crippen LogP contribution >= 0.6 is 0 Å². The van der Waals surface area contributed by atoms with Crippen LogP contribution in [-0.4, -0.2) is 37.3 Å². The van der Waals surface area contributed by atoms with Crippen molar-refractivity contribution < 1.29 is 23.9 Å². The Morgan fingerprint density at radius 2 is 1.56 bits per heavy atom. The van der Waals surface area contributed by atoms with Gasteiger partial charge in [-0.1, -0.05) is 48.5 Å². The van der Waals surface area contributed by atoms with Gasteiger partial charge in [-0.25, -0.2) is 10.2 Å². The first-order valence-corrected chi connectivity index (χ1v) is 11.4. The van der Waals surface area contributed by atoms with Crippen LogP contribution in [0.3, 0.4) is 0 Å². The molecule has 3 N–H and O–H groups in total. The van der Waals surface area contributed by atoms with Gasteiger partial charge in [0.25, 0.3) is 5.91 Å². The summed E-state index contributed by atoms with van der Waals surface area (Å²) in [6.45, 7) is 1.81. The third kappa shape index (κ3) is 8.94. The first kappa shape index (κ1) is 26.0. The summed E-state index contributed by atoms with van der Waals surface area (Å²) in [5.41, 5.74) is 4.67. The summed E-state index contributed by atoms with van der Waals surface area (Å²) >= 11 is 0. The first-order chi connectivity index (χ1) is 17.5. The molecule has 3 rings (SSSR count). The fraction of sp³-hybridized carbons (Fsp3) is 0.185. The third-order valence-corrected chi connectivity index (χ3v) is 4.87. The van der Waals surface area contributed by atoms with E-state index in [9.17, 15) is 14.4 Å². The van der Waals surface area contributed by atoms with Crippen molar-refractivity contribution in [3.05, 3.63) is 96.1 Å². The number of para-hydroxylation sites is 1. The second-order valence-corrected chi connectivity index (χ2v) is 7.60. The number of carbonyl (C=O) groups is 3. The Bertz CT molecular complexity index is 1150. The standard InChI is InChI=1S/C27H28N4O5/c1-2-35-27(34)30-24(21-9-5-3-6-10-21)17-25(32)31-28-18-20-13-15-23(16-14-20)36-19-26(33)29-22-11-7-4-8-12-22/h3-16,18,24H,2,17,19H2,1H3,(H,29,33)(H,30,34)(H,31,32)/b28-18-/t24-/m1/s1. The molecule has 0 saturated carbocycles. The molecule has 0 saturated heterocycles. The highest BCUT2D eigenvalue weighted by Crippen LogP contribution is 2.17. The van der Waals surface area contributed by atoms with Crippen LogP contribution in [0.1, 0.15) is 30.5 Å². The van der Waals surface area contributed by atoms with E-state index in [2.05, 4.69) is 21.2 Å². The minimum atomic E-state index is -0.595. The molecule has 0 aliphatic carbocycles. The van der Waals surface area contributed by atoms with Crippen LogP contribution in [-0.2, 0) is 14.3 Å². The largest absolute Gasteiger partial charge is 0.484 e. The Hall–Kier alpha value is -4.66. The van der Waals surface area contributed by atoms with Gasteiger partial charge in [0.05, 0.1) is 25.3 Å². The van der Waals surface area contributed by atoms with E-state index in [1.807, 2.05) is 48.5 Å². The van der Waals surface area contributed by atoms with Gasteiger partial charge in [0.15, 0.2) is 6.61 Å². The quantitative estimate of drug-likeness (QED) is 0.278. The third-order valence-electron chi connectivity index (χ3n) is 4.87. The Labute approximate surface area is 209 Å². The minimum Gasteiger partial charge on any atom is -0.484 e. The molecular weight excluding hydrogens is 460 g/mol. The monoisotopic (exact) mass is 488 g/mol. The highest BCUT2D eigenvalue weighted by molar-refractivity contribution is 5.91. The summed E-state index contributed by atoms with van der Waals surface area (Å²) in [6.07, 6.45) is 0.875. The van der Waals surface area contributed by atoms with Gasteiger partial charge in [-0.05, 0) is 54.4 Å². The fourth-order valence-corrected chi connectivity index (χ4v) is 3.18. The van der Waals surface area contributed by atoms with Crippen molar-refractivity contribution in [2.24, 2.45) is 5.10 Å². The zero-order valence-electron chi connectivity index (χ0n) is 19.8. The summed E-state index contributed by atoms with van der Waals surface area (Å²) in [5, 5.41) is 9.42. The van der Waals surface area contributed by atoms with Crippen LogP contribution in [0.5, 0.6) is 5.75 Å². The van der Waals surface area contributed by atoms with Gasteiger partial charge in [-0.15, -0.1) is 0 Å². The number of hydrogen-bond acceptors (Lipinski definition) is 6. The maximum absolute atomic E-state index is 12.4. The van der Waals surface area contributed by atoms with Crippen LogP contribution in [0.2, 0.25) is 0 Å². The molecule has 3 aromatic carbocycles. The number of alkyl carbamates (subject to hydrolysis) is 1. The van der Waals surface area contributed by atoms with Crippen LogP contribution in [0.25, 0.3) is 0 Å². The second kappa shape index (κ2) is 13.9. The molecule has 3 amide bonds. The van der Waals surface area contributed by atoms with Gasteiger partial charge < -0.3 is 20.1 Å². The van der Waals surface area contributed by atoms with E-state index in [0.29, 0.717) is 11.4 Å². The molecule has 0 radical (unpaired) electrons. The smallest absolute Gasteiger partial charge is 0.407 e. The highest BCUT2D eigenvalue weighted by Gasteiger charge is 2.18. The van der Waals surface area contributed by atoms with E-state index < -0.39 is 12.1 Å². The lowest BCUT2D eigenvalue weighted by molar-refractivity contribution is -0.121. The second-order valence-electron chi connectivity index (χ2n) is 7.60. The van der Waals surface area contributed by atoms with E-state index in [4.69, 9.17) is 9.47 Å². The predicted octanol–water partition coefficient (Wildman–Crippen LogP) is 4.03. The number of hydrogen-bond donors (Lipinski definition) is 3. The van der Waals surface area contributed by atoms with Crippen LogP contribution in [0.4, 0.5) is 10.5 Å². The molecule has 0 aliphatic heterocycles. The Morgan fingerprint density at radius 1 is 0.889 bits per heavy atom. The van der Waals surface area contributed by atoms with Gasteiger partial charge in [-0.3, -0.25) is 9.59 Å². The number of ether oxygens (including phenoxy) is 2. The number of amides is 3. The van der Waals surface area contributed by atoms with Crippen molar-refractivity contribution in [2.75, 3.05) is 18.5 Å². The van der Waals surface area contributed by atoms with Gasteiger partial charge >= 0.3 is 6.09 Å². The van der Waals surface area contributed by atoms with E-state index in [-0.39, 0.29) is 31.4 Å². The molecular formula is C27H28N4O5. The Balaban J connectivity index is 1.46. The lowest BCUT2D eigenvalue weighted by atomic mass is 10.0. The SMILES string of the molecule is CCOC(=O)N[C@H](CC(=O)N/N=C\c1ccc(OCC(=O)Nc2ccccc2)cc1)c1ccccc1. The number of nitrogens with zero attached hydrogens (tertiary/aromatic N) is 1. The predicted molar refractivity (Wildman–Crippen MR) is 137 cm³/mol. The molecule has 186 valence electrons. The number of hydrazone groups is 1. The number of carbonyl (C=O) groups excluding carboxylic acids is 3.